The maximum absolute atomic E-state index is 12.6. The Morgan fingerprint density at radius 1 is 0.672 bits per heavy atom. The van der Waals surface area contributed by atoms with Crippen molar-refractivity contribution in [1.29, 1.82) is 0 Å². The second-order valence-corrected chi connectivity index (χ2v) is 20.0. The van der Waals surface area contributed by atoms with E-state index in [1.54, 1.807) is 83.1 Å². The Morgan fingerprint density at radius 3 is 1.41 bits per heavy atom. The monoisotopic (exact) mass is 931 g/mol. The van der Waals surface area contributed by atoms with Gasteiger partial charge in [0.1, 0.15) is 9.79 Å². The first kappa shape index (κ1) is 51.8. The van der Waals surface area contributed by atoms with E-state index in [9.17, 15) is 26.4 Å². The number of carbonyl (C=O) groups excluding carboxylic acids is 1. The van der Waals surface area contributed by atoms with Gasteiger partial charge >= 0.3 is 5.97 Å². The highest BCUT2D eigenvalue weighted by Crippen LogP contribution is 2.20. The minimum absolute atomic E-state index is 0. The van der Waals surface area contributed by atoms with Gasteiger partial charge in [0, 0.05) is 51.0 Å². The Labute approximate surface area is 372 Å². The predicted octanol–water partition coefficient (Wildman–Crippen LogP) is 1.35. The molecule has 6 aromatic heterocycles. The minimum Gasteiger partial charge on any atom is -1.00 e. The van der Waals surface area contributed by atoms with Crippen molar-refractivity contribution in [2.75, 3.05) is 13.2 Å². The number of ether oxygens (including phenoxy) is 2. The number of rotatable bonds is 11. The van der Waals surface area contributed by atoms with Crippen molar-refractivity contribution in [2.45, 2.75) is 79.0 Å². The first-order valence-electron chi connectivity index (χ1n) is 19.2. The van der Waals surface area contributed by atoms with Crippen molar-refractivity contribution in [3.8, 4) is 23.4 Å². The molecule has 6 heterocycles. The molecule has 21 nitrogen and oxygen atoms in total. The SMILES string of the molecule is Cc1nc(-n2ccc(OCC(C)(C)C)n2)ccc1C(=O)NS(=O)(=O)c1cn(C)nc1C.Cc1nc(-n2ccc(OCC(C)(C)C)n2)ccc1C(=O)O.Cc1nn(C)cc1S(N)(=O)=O.[2H-].[F-]. The van der Waals surface area contributed by atoms with E-state index in [4.69, 9.17) is 19.7 Å². The molecule has 4 N–H and O–H groups in total. The van der Waals surface area contributed by atoms with Crippen LogP contribution in [0.1, 0.15) is 86.5 Å². The van der Waals surface area contributed by atoms with Gasteiger partial charge in [0.25, 0.3) is 15.9 Å². The number of carboxylic acids is 1. The molecule has 0 unspecified atom stereocenters. The number of nitrogens with zero attached hydrogens (tertiary/aromatic N) is 10. The minimum atomic E-state index is -4.06. The number of halogens is 1. The normalized spacial score (nSPS) is 11.6. The molecule has 0 saturated carbocycles. The van der Waals surface area contributed by atoms with Gasteiger partial charge in [0.15, 0.2) is 11.6 Å². The lowest BCUT2D eigenvalue weighted by atomic mass is 9.99. The summed E-state index contributed by atoms with van der Waals surface area (Å²) in [6.45, 7) is 20.0. The first-order valence-corrected chi connectivity index (χ1v) is 22.2. The molecule has 0 aromatic carbocycles. The largest absolute Gasteiger partial charge is 1.00 e. The van der Waals surface area contributed by atoms with Gasteiger partial charge in [-0.3, -0.25) is 14.2 Å². The number of aromatic nitrogens is 10. The fourth-order valence-corrected chi connectivity index (χ4v) is 7.29. The molecule has 6 rings (SSSR count). The van der Waals surface area contributed by atoms with Crippen molar-refractivity contribution in [2.24, 2.45) is 30.1 Å². The highest BCUT2D eigenvalue weighted by molar-refractivity contribution is 7.90. The smallest absolute Gasteiger partial charge is 0.337 e. The molecule has 0 aliphatic carbocycles. The Balaban J connectivity index is 0.000000368. The van der Waals surface area contributed by atoms with Gasteiger partial charge in [-0.2, -0.15) is 10.2 Å². The van der Waals surface area contributed by atoms with Crippen LogP contribution in [0.25, 0.3) is 11.6 Å². The number of nitrogens with one attached hydrogen (secondary N) is 1. The van der Waals surface area contributed by atoms with E-state index in [2.05, 4.69) is 76.6 Å². The number of carboxylic acid groups (broad SMARTS) is 1. The summed E-state index contributed by atoms with van der Waals surface area (Å²) in [7, 11) is -4.41. The topological polar surface area (TPSA) is 276 Å². The summed E-state index contributed by atoms with van der Waals surface area (Å²) in [5, 5.41) is 30.3. The summed E-state index contributed by atoms with van der Waals surface area (Å²) in [4.78, 5) is 32.2. The third-order valence-electron chi connectivity index (χ3n) is 8.28. The zero-order valence-corrected chi connectivity index (χ0v) is 39.3. The Hall–Kier alpha value is -6.53. The number of sulfonamides is 2. The van der Waals surface area contributed by atoms with Crippen LogP contribution in [0, 0.1) is 38.5 Å². The standard InChI is InChI=1S/C20H26N6O4S.C15H19N3O3.C5H9N3O2S.FH.H/c1-13-15(19(27)24-31(28,29)16-11-25(6)22-14(16)2)7-8-17(21-13)26-10-9-18(23-26)30-12-20(3,4)5;1-10-11(14(19)20)5-6-12(16-10)18-8-7-13(17-18)21-9-15(2,3)4;1-4-5(11(6,9)10)3-8(2)7-4;;/h7-11H,12H2,1-6H3,(H,24,27);5-8H,9H2,1-4H3,(H,19,20);3H,1-2H3,(H2,6,9,10);1H;/q;;;;-1/p-1/i;;;;1+1. The number of hydrogen-bond acceptors (Lipinski definition) is 14. The van der Waals surface area contributed by atoms with Crippen LogP contribution in [0.4, 0.5) is 0 Å². The summed E-state index contributed by atoms with van der Waals surface area (Å²) in [6.07, 6.45) is 6.16. The molecule has 0 atom stereocenters. The number of aryl methyl sites for hydroxylation is 6. The molecule has 0 spiro atoms. The molecule has 24 heteroatoms. The van der Waals surface area contributed by atoms with E-state index in [-0.39, 0.29) is 37.9 Å². The van der Waals surface area contributed by atoms with E-state index in [0.29, 0.717) is 59.4 Å². The molecule has 0 bridgehead atoms. The summed E-state index contributed by atoms with van der Waals surface area (Å²) in [5.74, 6) is 0.269. The second-order valence-electron chi connectivity index (χ2n) is 16.8. The second kappa shape index (κ2) is 20.3. The fourth-order valence-electron chi connectivity index (χ4n) is 5.35. The zero-order valence-electron chi connectivity index (χ0n) is 38.6. The molecule has 0 aliphatic heterocycles. The lowest BCUT2D eigenvalue weighted by Crippen LogP contribution is -3.00. The van der Waals surface area contributed by atoms with E-state index in [1.807, 2.05) is 0 Å². The van der Waals surface area contributed by atoms with Gasteiger partial charge in [0.05, 0.1) is 47.1 Å². The molecule has 0 radical (unpaired) electrons. The van der Waals surface area contributed by atoms with Crippen molar-refractivity contribution in [1.82, 2.24) is 53.8 Å². The highest BCUT2D eigenvalue weighted by atomic mass is 32.2. The maximum Gasteiger partial charge on any atom is 0.337 e. The molecule has 64 heavy (non-hydrogen) atoms. The van der Waals surface area contributed by atoms with Crippen LogP contribution in [0.3, 0.4) is 0 Å². The highest BCUT2D eigenvalue weighted by Gasteiger charge is 2.25. The van der Waals surface area contributed by atoms with Gasteiger partial charge in [-0.15, -0.1) is 10.2 Å². The van der Waals surface area contributed by atoms with Crippen LogP contribution in [0.5, 0.6) is 11.8 Å². The molecule has 1 amide bonds. The van der Waals surface area contributed by atoms with E-state index < -0.39 is 31.9 Å². The van der Waals surface area contributed by atoms with Crippen LogP contribution < -0.4 is 24.0 Å². The summed E-state index contributed by atoms with van der Waals surface area (Å²) < 4.78 is 65.9. The van der Waals surface area contributed by atoms with Crippen molar-refractivity contribution >= 4 is 31.9 Å². The van der Waals surface area contributed by atoms with Gasteiger partial charge in [0.2, 0.25) is 21.8 Å². The van der Waals surface area contributed by atoms with Gasteiger partial charge in [-0.25, -0.2) is 50.8 Å². The number of carbonyl (C=O) groups is 2. The maximum atomic E-state index is 12.6. The average molecular weight is 932 g/mol. The number of nitrogens with two attached hydrogens (primary N) is 1. The van der Waals surface area contributed by atoms with Crippen molar-refractivity contribution in [3.63, 3.8) is 0 Å². The number of pyridine rings is 2. The van der Waals surface area contributed by atoms with Gasteiger partial charge in [-0.1, -0.05) is 41.5 Å². The number of primary sulfonamides is 1. The lowest BCUT2D eigenvalue weighted by Gasteiger charge is -2.17. The van der Waals surface area contributed by atoms with Crippen molar-refractivity contribution < 1.29 is 47.1 Å². The summed E-state index contributed by atoms with van der Waals surface area (Å²) in [6, 6.07) is 9.73. The number of aromatic carboxylic acids is 1. The molecule has 350 valence electrons. The Morgan fingerprint density at radius 2 is 1.08 bits per heavy atom. The van der Waals surface area contributed by atoms with Crippen LogP contribution in [0.2, 0.25) is 0 Å². The molecule has 0 fully saturated rings. The average Bonchev–Trinajstić information content (AvgIpc) is 3.96. The number of amides is 1. The molecular formula is C40H55FN12O9S2-2. The molecular weight excluding hydrogens is 876 g/mol. The van der Waals surface area contributed by atoms with Crippen LogP contribution in [0.15, 0.2) is 71.0 Å². The first-order chi connectivity index (χ1) is 29.0. The molecule has 6 aromatic rings. The molecule has 0 aliphatic rings. The zero-order chi connectivity index (χ0) is 47.2. The number of hydrogen-bond donors (Lipinski definition) is 3. The molecule has 0 saturated heterocycles. The van der Waals surface area contributed by atoms with Crippen LogP contribution in [-0.4, -0.2) is 96.1 Å². The van der Waals surface area contributed by atoms with Crippen LogP contribution >= 0.6 is 0 Å². The fraction of sp³-hybridized carbons (Fsp3) is 0.400. The Bertz CT molecular complexity index is 2830. The van der Waals surface area contributed by atoms with E-state index in [1.165, 1.54) is 38.6 Å². The van der Waals surface area contributed by atoms with Gasteiger partial charge < -0.3 is 20.7 Å². The van der Waals surface area contributed by atoms with E-state index >= 15 is 0 Å². The van der Waals surface area contributed by atoms with Gasteiger partial charge in [-0.05, 0) is 62.8 Å². The third kappa shape index (κ3) is 14.5. The van der Waals surface area contributed by atoms with E-state index in [0.717, 1.165) is 0 Å². The predicted molar refractivity (Wildman–Crippen MR) is 232 cm³/mol. The quantitative estimate of drug-likeness (QED) is 0.165. The summed E-state index contributed by atoms with van der Waals surface area (Å²) in [5.41, 5.74) is 1.93. The van der Waals surface area contributed by atoms with Crippen LogP contribution in [-0.2, 0) is 34.1 Å². The lowest BCUT2D eigenvalue weighted by molar-refractivity contribution is -0.0000443. The summed E-state index contributed by atoms with van der Waals surface area (Å²) >= 11 is 0. The third-order valence-corrected chi connectivity index (χ3v) is 10.7. The van der Waals surface area contributed by atoms with Crippen molar-refractivity contribution in [3.05, 3.63) is 95.1 Å². The Kier molecular flexibility index (Phi) is 16.5.